The van der Waals surface area contributed by atoms with Gasteiger partial charge in [-0.2, -0.15) is 9.97 Å². The van der Waals surface area contributed by atoms with Crippen molar-refractivity contribution in [3.8, 4) is 35.4 Å². The lowest BCUT2D eigenvalue weighted by Crippen LogP contribution is -2.53. The van der Waals surface area contributed by atoms with Crippen LogP contribution in [0.15, 0.2) is 60.8 Å². The molecule has 51 heavy (non-hydrogen) atoms. The number of alkyl halides is 1. The van der Waals surface area contributed by atoms with Crippen LogP contribution in [0.1, 0.15) is 43.2 Å². The van der Waals surface area contributed by atoms with E-state index < -0.39 is 23.3 Å². The van der Waals surface area contributed by atoms with Crippen molar-refractivity contribution >= 4 is 27.5 Å². The van der Waals surface area contributed by atoms with Gasteiger partial charge in [-0.1, -0.05) is 42.3 Å². The summed E-state index contributed by atoms with van der Waals surface area (Å²) in [6, 6.07) is 16.5. The topological polar surface area (TPSA) is 77.9 Å². The standard InChI is InChI=1S/C40H37F3N6O2/c1-2-30-33(42)12-9-25-15-29(50)16-31(34(25)30)36-35(43)37-32(18-44-36)38(46-39(45-37)51-23-40-13-6-14-48(40)20-26(41)17-40)47-21-27-10-11-28(22-47)49(27)19-24-7-4-3-5-8-24/h1,3-5,7-9,12,15-16,18,26-28,50H,6,10-11,13-14,17,19-23H2/t26-,27?,28?,40+/m1/s1. The van der Waals surface area contributed by atoms with Crippen molar-refractivity contribution in [2.45, 2.75) is 62.4 Å². The molecule has 4 saturated heterocycles. The minimum absolute atomic E-state index is 0.00673. The zero-order valence-corrected chi connectivity index (χ0v) is 28.0. The molecule has 2 aromatic heterocycles. The molecule has 0 spiro atoms. The first-order valence-corrected chi connectivity index (χ1v) is 17.7. The minimum Gasteiger partial charge on any atom is -0.508 e. The molecule has 11 heteroatoms. The second kappa shape index (κ2) is 12.4. The van der Waals surface area contributed by atoms with Crippen LogP contribution in [0.4, 0.5) is 19.0 Å². The second-order valence-corrected chi connectivity index (χ2v) is 14.5. The quantitative estimate of drug-likeness (QED) is 0.191. The van der Waals surface area contributed by atoms with Crippen LogP contribution in [0.5, 0.6) is 11.8 Å². The van der Waals surface area contributed by atoms with Crippen molar-refractivity contribution in [2.24, 2.45) is 0 Å². The molecule has 2 bridgehead atoms. The number of nitrogens with zero attached hydrogens (tertiary/aromatic N) is 6. The van der Waals surface area contributed by atoms with Crippen molar-refractivity contribution in [3.63, 3.8) is 0 Å². The van der Waals surface area contributed by atoms with Crippen molar-refractivity contribution < 1.29 is 23.0 Å². The van der Waals surface area contributed by atoms with Gasteiger partial charge < -0.3 is 14.7 Å². The summed E-state index contributed by atoms with van der Waals surface area (Å²) in [6.45, 7) is 3.60. The number of ether oxygens (including phenoxy) is 1. The summed E-state index contributed by atoms with van der Waals surface area (Å²) >= 11 is 0. The summed E-state index contributed by atoms with van der Waals surface area (Å²) in [5, 5.41) is 11.7. The number of terminal acetylenes is 1. The van der Waals surface area contributed by atoms with Gasteiger partial charge in [0.05, 0.1) is 16.5 Å². The highest BCUT2D eigenvalue weighted by Crippen LogP contribution is 2.42. The van der Waals surface area contributed by atoms with Gasteiger partial charge in [0.2, 0.25) is 0 Å². The van der Waals surface area contributed by atoms with Crippen molar-refractivity contribution in [1.29, 1.82) is 0 Å². The molecule has 0 aliphatic carbocycles. The fourth-order valence-electron chi connectivity index (χ4n) is 9.13. The van der Waals surface area contributed by atoms with Crippen LogP contribution in [0.2, 0.25) is 0 Å². The number of hydrogen-bond acceptors (Lipinski definition) is 8. The Kier molecular flexibility index (Phi) is 7.78. The molecule has 0 radical (unpaired) electrons. The monoisotopic (exact) mass is 690 g/mol. The Morgan fingerprint density at radius 3 is 2.61 bits per heavy atom. The Morgan fingerprint density at radius 1 is 1.02 bits per heavy atom. The van der Waals surface area contributed by atoms with Crippen molar-refractivity contribution in [3.05, 3.63) is 83.6 Å². The number of phenols is 1. The van der Waals surface area contributed by atoms with E-state index in [1.807, 2.05) is 6.07 Å². The molecule has 8 nitrogen and oxygen atoms in total. The molecule has 2 unspecified atom stereocenters. The van der Waals surface area contributed by atoms with Gasteiger partial charge in [-0.3, -0.25) is 14.8 Å². The average Bonchev–Trinajstić information content (AvgIpc) is 3.73. The van der Waals surface area contributed by atoms with Gasteiger partial charge in [-0.15, -0.1) is 6.42 Å². The van der Waals surface area contributed by atoms with E-state index in [1.165, 1.54) is 36.0 Å². The number of halogens is 3. The zero-order valence-electron chi connectivity index (χ0n) is 28.0. The summed E-state index contributed by atoms with van der Waals surface area (Å²) in [4.78, 5) is 21.0. The molecule has 0 amide bonds. The lowest BCUT2D eigenvalue weighted by molar-refractivity contribution is 0.107. The molecule has 260 valence electrons. The fourth-order valence-corrected chi connectivity index (χ4v) is 9.13. The molecule has 6 heterocycles. The summed E-state index contributed by atoms with van der Waals surface area (Å²) < 4.78 is 52.9. The molecule has 4 atom stereocenters. The molecule has 1 N–H and O–H groups in total. The number of anilines is 1. The number of piperazine rings is 1. The van der Waals surface area contributed by atoms with Crippen LogP contribution < -0.4 is 9.64 Å². The van der Waals surface area contributed by atoms with Crippen molar-refractivity contribution in [1.82, 2.24) is 24.8 Å². The predicted molar refractivity (Wildman–Crippen MR) is 189 cm³/mol. The predicted octanol–water partition coefficient (Wildman–Crippen LogP) is 6.62. The zero-order chi connectivity index (χ0) is 34.9. The number of benzene rings is 3. The lowest BCUT2D eigenvalue weighted by atomic mass is 9.95. The summed E-state index contributed by atoms with van der Waals surface area (Å²) in [5.41, 5.74) is 0.767. The van der Waals surface area contributed by atoms with E-state index in [4.69, 9.17) is 16.1 Å². The van der Waals surface area contributed by atoms with Gasteiger partial charge in [-0.25, -0.2) is 13.2 Å². The smallest absolute Gasteiger partial charge is 0.319 e. The van der Waals surface area contributed by atoms with E-state index in [9.17, 15) is 13.9 Å². The summed E-state index contributed by atoms with van der Waals surface area (Å²) in [7, 11) is 0. The molecule has 5 aromatic rings. The number of pyridine rings is 1. The Bertz CT molecular complexity index is 2200. The van der Waals surface area contributed by atoms with Crippen LogP contribution in [-0.4, -0.2) is 86.4 Å². The van der Waals surface area contributed by atoms with Crippen LogP contribution in [0, 0.1) is 24.0 Å². The molecular formula is C40H37F3N6O2. The van der Waals surface area contributed by atoms with Crippen LogP contribution in [0.25, 0.3) is 32.9 Å². The third-order valence-corrected chi connectivity index (χ3v) is 11.5. The summed E-state index contributed by atoms with van der Waals surface area (Å²) in [5.74, 6) is 1.36. The first kappa shape index (κ1) is 32.0. The number of hydrogen-bond donors (Lipinski definition) is 1. The molecule has 4 aliphatic heterocycles. The van der Waals surface area contributed by atoms with E-state index in [-0.39, 0.29) is 58.2 Å². The van der Waals surface area contributed by atoms with E-state index in [1.54, 1.807) is 0 Å². The highest BCUT2D eigenvalue weighted by Gasteiger charge is 2.49. The number of rotatable bonds is 7. The van der Waals surface area contributed by atoms with Gasteiger partial charge in [0.25, 0.3) is 0 Å². The van der Waals surface area contributed by atoms with E-state index in [0.717, 1.165) is 38.8 Å². The molecule has 3 aromatic carbocycles. The largest absolute Gasteiger partial charge is 0.508 e. The number of aromatic hydroxyl groups is 1. The van der Waals surface area contributed by atoms with Crippen LogP contribution in [-0.2, 0) is 6.54 Å². The molecule has 4 fully saturated rings. The highest BCUT2D eigenvalue weighted by molar-refractivity contribution is 6.03. The third kappa shape index (κ3) is 5.43. The first-order valence-electron chi connectivity index (χ1n) is 17.7. The Balaban J connectivity index is 1.14. The lowest BCUT2D eigenvalue weighted by Gasteiger charge is -2.42. The van der Waals surface area contributed by atoms with E-state index >= 15 is 4.39 Å². The van der Waals surface area contributed by atoms with Gasteiger partial charge in [0.1, 0.15) is 41.4 Å². The average molecular weight is 691 g/mol. The van der Waals surface area contributed by atoms with Crippen LogP contribution in [0.3, 0.4) is 0 Å². The van der Waals surface area contributed by atoms with Crippen LogP contribution >= 0.6 is 0 Å². The number of aromatic nitrogens is 3. The minimum atomic E-state index is -0.925. The molecule has 4 aliphatic rings. The Morgan fingerprint density at radius 2 is 1.82 bits per heavy atom. The maximum Gasteiger partial charge on any atom is 0.319 e. The van der Waals surface area contributed by atoms with E-state index in [0.29, 0.717) is 42.6 Å². The Hall–Kier alpha value is -4.92. The van der Waals surface area contributed by atoms with E-state index in [2.05, 4.69) is 54.9 Å². The molecule has 9 rings (SSSR count). The first-order chi connectivity index (χ1) is 24.8. The van der Waals surface area contributed by atoms with Crippen molar-refractivity contribution in [2.75, 3.05) is 37.7 Å². The van der Waals surface area contributed by atoms with Gasteiger partial charge in [0.15, 0.2) is 5.82 Å². The van der Waals surface area contributed by atoms with Gasteiger partial charge >= 0.3 is 6.01 Å². The normalized spacial score (nSPS) is 24.7. The highest BCUT2D eigenvalue weighted by atomic mass is 19.1. The number of fused-ring (bicyclic) bond motifs is 5. The third-order valence-electron chi connectivity index (χ3n) is 11.5. The Labute approximate surface area is 293 Å². The molecular weight excluding hydrogens is 653 g/mol. The summed E-state index contributed by atoms with van der Waals surface area (Å²) in [6.07, 6.45) is 10.6. The second-order valence-electron chi connectivity index (χ2n) is 14.5. The molecule has 0 saturated carbocycles. The van der Waals surface area contributed by atoms with Gasteiger partial charge in [0, 0.05) is 61.8 Å². The number of phenolic OH excluding ortho intramolecular Hbond substituents is 1. The maximum absolute atomic E-state index is 17.0. The SMILES string of the molecule is C#Cc1c(F)ccc2cc(O)cc(-c3ncc4c(N5CC6CCC(C5)N6Cc5ccccc5)nc(OC[C@@]56CCCN5C[C@H](F)C6)nc4c3F)c12. The maximum atomic E-state index is 17.0. The fraction of sp³-hybridized carbons (Fsp3) is 0.375. The van der Waals surface area contributed by atoms with Gasteiger partial charge in [-0.05, 0) is 61.4 Å².